The largest absolute Gasteiger partial charge is 0.378 e. The first-order valence-electron chi connectivity index (χ1n) is 9.66. The van der Waals surface area contributed by atoms with Crippen molar-refractivity contribution < 1.29 is 9.53 Å². The zero-order valence-electron chi connectivity index (χ0n) is 17.2. The molecule has 0 aliphatic rings. The molecule has 1 aromatic carbocycles. The van der Waals surface area contributed by atoms with E-state index in [9.17, 15) is 9.59 Å². The Kier molecular flexibility index (Phi) is 8.19. The number of aryl methyl sites for hydroxylation is 1. The number of rotatable bonds is 9. The summed E-state index contributed by atoms with van der Waals surface area (Å²) in [7, 11) is 1.58. The molecule has 7 nitrogen and oxygen atoms in total. The molecule has 2 aromatic rings. The topological polar surface area (TPSA) is 87.3 Å². The Morgan fingerprint density at radius 2 is 1.96 bits per heavy atom. The Labute approximate surface area is 166 Å². The lowest BCUT2D eigenvalue weighted by molar-refractivity contribution is 0.179. The summed E-state index contributed by atoms with van der Waals surface area (Å²) in [6, 6.07) is 7.91. The van der Waals surface area contributed by atoms with E-state index >= 15 is 0 Å². The van der Waals surface area contributed by atoms with Crippen LogP contribution in [0.15, 0.2) is 29.1 Å². The minimum atomic E-state index is -0.190. The summed E-state index contributed by atoms with van der Waals surface area (Å²) < 4.78 is 5.27. The number of methoxy groups -OCH3 is 1. The predicted molar refractivity (Wildman–Crippen MR) is 109 cm³/mol. The first-order chi connectivity index (χ1) is 13.5. The molecule has 7 heteroatoms. The average Bonchev–Trinajstić information content (AvgIpc) is 2.66. The van der Waals surface area contributed by atoms with Gasteiger partial charge < -0.3 is 19.9 Å². The molecule has 0 atom stereocenters. The highest BCUT2D eigenvalue weighted by atomic mass is 16.5. The Hall–Kier alpha value is -2.67. The fourth-order valence-electron chi connectivity index (χ4n) is 2.99. The van der Waals surface area contributed by atoms with E-state index < -0.39 is 0 Å². The maximum atomic E-state index is 12.8. The number of aromatic nitrogens is 2. The first-order valence-corrected chi connectivity index (χ1v) is 9.66. The molecule has 1 aromatic heterocycles. The zero-order valence-corrected chi connectivity index (χ0v) is 17.2. The third-order valence-electron chi connectivity index (χ3n) is 4.38. The van der Waals surface area contributed by atoms with Gasteiger partial charge in [-0.25, -0.2) is 9.78 Å². The molecule has 0 fully saturated rings. The number of nitrogens with one attached hydrogen (secondary N) is 2. The van der Waals surface area contributed by atoms with Crippen LogP contribution in [0.2, 0.25) is 0 Å². The fraction of sp³-hybridized carbons (Fsp3) is 0.476. The standard InChI is InChI=1S/C21H30N4O3/c1-5-11-25(21(27)22-6-2)13-19-23-18(14-28-4)17(20(26)24-19)12-16-9-7-15(3)8-10-16/h7-10H,5-6,11-14H2,1-4H3,(H,22,27)(H,23,24,26). The highest BCUT2D eigenvalue weighted by Gasteiger charge is 2.17. The molecule has 0 spiro atoms. The van der Waals surface area contributed by atoms with Crippen molar-refractivity contribution in [3.05, 3.63) is 62.8 Å². The van der Waals surface area contributed by atoms with Gasteiger partial charge in [0.1, 0.15) is 5.82 Å². The minimum Gasteiger partial charge on any atom is -0.378 e. The van der Waals surface area contributed by atoms with E-state index in [0.717, 1.165) is 12.0 Å². The van der Waals surface area contributed by atoms with Crippen LogP contribution in [0.3, 0.4) is 0 Å². The van der Waals surface area contributed by atoms with Crippen LogP contribution in [0.1, 0.15) is 48.5 Å². The van der Waals surface area contributed by atoms with Crippen molar-refractivity contribution in [1.29, 1.82) is 0 Å². The van der Waals surface area contributed by atoms with Crippen molar-refractivity contribution in [3.8, 4) is 0 Å². The highest BCUT2D eigenvalue weighted by Crippen LogP contribution is 2.12. The second-order valence-electron chi connectivity index (χ2n) is 6.79. The second kappa shape index (κ2) is 10.6. The van der Waals surface area contributed by atoms with Gasteiger partial charge in [0.25, 0.3) is 5.56 Å². The van der Waals surface area contributed by atoms with Crippen LogP contribution in [0.5, 0.6) is 0 Å². The van der Waals surface area contributed by atoms with E-state index in [4.69, 9.17) is 4.74 Å². The summed E-state index contributed by atoms with van der Waals surface area (Å²) in [5.41, 5.74) is 3.22. The van der Waals surface area contributed by atoms with E-state index in [1.807, 2.05) is 45.0 Å². The third-order valence-corrected chi connectivity index (χ3v) is 4.38. The van der Waals surface area contributed by atoms with E-state index in [0.29, 0.717) is 36.6 Å². The number of carbonyl (C=O) groups is 1. The summed E-state index contributed by atoms with van der Waals surface area (Å²) in [6.45, 7) is 7.53. The molecular weight excluding hydrogens is 356 g/mol. The SMILES string of the molecule is CCCN(Cc1nc(COC)c(Cc2ccc(C)cc2)c(=O)[nH]1)C(=O)NCC. The Morgan fingerprint density at radius 1 is 1.25 bits per heavy atom. The Balaban J connectivity index is 2.31. The molecule has 0 saturated heterocycles. The molecule has 152 valence electrons. The molecule has 0 aliphatic heterocycles. The average molecular weight is 386 g/mol. The van der Waals surface area contributed by atoms with Gasteiger partial charge in [0.15, 0.2) is 0 Å². The number of H-pyrrole nitrogens is 1. The van der Waals surface area contributed by atoms with Crippen molar-refractivity contribution in [1.82, 2.24) is 20.2 Å². The number of carbonyl (C=O) groups excluding carboxylic acids is 1. The molecular formula is C21H30N4O3. The molecule has 2 N–H and O–H groups in total. The van der Waals surface area contributed by atoms with Gasteiger partial charge in [-0.3, -0.25) is 4.79 Å². The minimum absolute atomic E-state index is 0.163. The molecule has 0 unspecified atom stereocenters. The fourth-order valence-corrected chi connectivity index (χ4v) is 2.99. The van der Waals surface area contributed by atoms with Crippen molar-refractivity contribution >= 4 is 6.03 Å². The Bertz CT molecular complexity index is 831. The lowest BCUT2D eigenvalue weighted by atomic mass is 10.0. The molecule has 0 aliphatic carbocycles. The van der Waals surface area contributed by atoms with Crippen LogP contribution < -0.4 is 10.9 Å². The summed E-state index contributed by atoms with van der Waals surface area (Å²) in [6.07, 6.45) is 1.30. The smallest absolute Gasteiger partial charge is 0.317 e. The van der Waals surface area contributed by atoms with Gasteiger partial charge in [-0.05, 0) is 25.8 Å². The summed E-state index contributed by atoms with van der Waals surface area (Å²) in [5, 5.41) is 2.80. The number of hydrogen-bond donors (Lipinski definition) is 2. The monoisotopic (exact) mass is 386 g/mol. The van der Waals surface area contributed by atoms with Gasteiger partial charge in [0.05, 0.1) is 18.8 Å². The second-order valence-corrected chi connectivity index (χ2v) is 6.79. The van der Waals surface area contributed by atoms with Crippen LogP contribution in [0.25, 0.3) is 0 Å². The third kappa shape index (κ3) is 5.92. The van der Waals surface area contributed by atoms with E-state index in [2.05, 4.69) is 15.3 Å². The molecule has 0 radical (unpaired) electrons. The van der Waals surface area contributed by atoms with Crippen LogP contribution in [-0.4, -0.2) is 41.1 Å². The zero-order chi connectivity index (χ0) is 20.5. The maximum absolute atomic E-state index is 12.8. The van der Waals surface area contributed by atoms with Gasteiger partial charge in [-0.2, -0.15) is 0 Å². The van der Waals surface area contributed by atoms with E-state index in [-0.39, 0.29) is 24.7 Å². The van der Waals surface area contributed by atoms with Crippen molar-refractivity contribution in [2.45, 2.75) is 46.8 Å². The van der Waals surface area contributed by atoms with Crippen LogP contribution in [0.4, 0.5) is 4.79 Å². The number of nitrogens with zero attached hydrogens (tertiary/aromatic N) is 2. The molecule has 0 saturated carbocycles. The summed E-state index contributed by atoms with van der Waals surface area (Å²) >= 11 is 0. The maximum Gasteiger partial charge on any atom is 0.317 e. The number of hydrogen-bond acceptors (Lipinski definition) is 4. The van der Waals surface area contributed by atoms with Crippen molar-refractivity contribution in [2.75, 3.05) is 20.2 Å². The summed E-state index contributed by atoms with van der Waals surface area (Å²) in [4.78, 5) is 34.1. The molecule has 0 bridgehead atoms. The van der Waals surface area contributed by atoms with E-state index in [1.165, 1.54) is 5.56 Å². The van der Waals surface area contributed by atoms with Gasteiger partial charge in [-0.15, -0.1) is 0 Å². The van der Waals surface area contributed by atoms with Crippen molar-refractivity contribution in [2.24, 2.45) is 0 Å². The van der Waals surface area contributed by atoms with Gasteiger partial charge in [0, 0.05) is 32.2 Å². The number of aromatic amines is 1. The van der Waals surface area contributed by atoms with Crippen LogP contribution in [0, 0.1) is 6.92 Å². The number of amides is 2. The number of benzene rings is 1. The van der Waals surface area contributed by atoms with Crippen molar-refractivity contribution in [3.63, 3.8) is 0 Å². The lowest BCUT2D eigenvalue weighted by Gasteiger charge is -2.22. The molecule has 1 heterocycles. The number of urea groups is 1. The Morgan fingerprint density at radius 3 is 2.57 bits per heavy atom. The first kappa shape index (κ1) is 21.6. The predicted octanol–water partition coefficient (Wildman–Crippen LogP) is 2.76. The van der Waals surface area contributed by atoms with Crippen LogP contribution in [-0.2, 0) is 24.3 Å². The highest BCUT2D eigenvalue weighted by molar-refractivity contribution is 5.73. The quantitative estimate of drug-likeness (QED) is 0.694. The lowest BCUT2D eigenvalue weighted by Crippen LogP contribution is -2.40. The summed E-state index contributed by atoms with van der Waals surface area (Å²) in [5.74, 6) is 0.462. The molecule has 2 rings (SSSR count). The molecule has 28 heavy (non-hydrogen) atoms. The molecule has 2 amide bonds. The normalized spacial score (nSPS) is 10.7. The van der Waals surface area contributed by atoms with Gasteiger partial charge >= 0.3 is 6.03 Å². The van der Waals surface area contributed by atoms with Gasteiger partial charge in [0.2, 0.25) is 0 Å². The van der Waals surface area contributed by atoms with Crippen LogP contribution >= 0.6 is 0 Å². The van der Waals surface area contributed by atoms with Gasteiger partial charge in [-0.1, -0.05) is 36.8 Å². The number of ether oxygens (including phenoxy) is 1. The van der Waals surface area contributed by atoms with E-state index in [1.54, 1.807) is 12.0 Å².